The van der Waals surface area contributed by atoms with Crippen LogP contribution in [0.25, 0.3) is 11.0 Å². The second kappa shape index (κ2) is 11.5. The molecule has 6 heteroatoms. The molecule has 0 amide bonds. The van der Waals surface area contributed by atoms with Crippen molar-refractivity contribution < 1.29 is 9.53 Å². The van der Waals surface area contributed by atoms with Crippen LogP contribution in [0.3, 0.4) is 0 Å². The van der Waals surface area contributed by atoms with E-state index >= 15 is 0 Å². The number of rotatable bonds is 3. The number of aldehydes is 1. The first-order valence-corrected chi connectivity index (χ1v) is 7.58. The number of hydrogen-bond donors (Lipinski definition) is 1. The Morgan fingerprint density at radius 3 is 2.48 bits per heavy atom. The van der Waals surface area contributed by atoms with E-state index in [9.17, 15) is 4.79 Å². The van der Waals surface area contributed by atoms with Gasteiger partial charge in [0.1, 0.15) is 5.69 Å². The quantitative estimate of drug-likeness (QED) is 0.694. The lowest BCUT2D eigenvalue weighted by atomic mass is 10.2. The van der Waals surface area contributed by atoms with E-state index in [2.05, 4.69) is 20.0 Å². The second-order valence-electron chi connectivity index (χ2n) is 4.50. The molecule has 2 rings (SSSR count). The van der Waals surface area contributed by atoms with Gasteiger partial charge < -0.3 is 9.30 Å². The minimum absolute atomic E-state index is 0.376. The SMILES string of the molecule is CC.CN=c1c(C=O)nc2ccc(C)cc2n1C.CNCOC. The van der Waals surface area contributed by atoms with Gasteiger partial charge in [-0.1, -0.05) is 19.9 Å². The van der Waals surface area contributed by atoms with Crippen molar-refractivity contribution in [2.24, 2.45) is 12.0 Å². The summed E-state index contributed by atoms with van der Waals surface area (Å²) in [6.45, 7) is 6.66. The first-order valence-electron chi connectivity index (χ1n) is 7.58. The lowest BCUT2D eigenvalue weighted by Crippen LogP contribution is -2.24. The maximum Gasteiger partial charge on any atom is 0.172 e. The standard InChI is InChI=1S/C12H13N3O.C3H9NO.C2H6/c1-8-4-5-9-11(6-8)15(3)12(13-2)10(7-16)14-9;1-4-3-5-2;1-2/h4-7H,1-3H3;4H,3H2,1-2H3;1-2H3. The van der Waals surface area contributed by atoms with E-state index < -0.39 is 0 Å². The zero-order valence-corrected chi connectivity index (χ0v) is 15.2. The predicted octanol–water partition coefficient (Wildman–Crippen LogP) is 2.06. The molecule has 0 fully saturated rings. The van der Waals surface area contributed by atoms with Crippen molar-refractivity contribution in [1.82, 2.24) is 14.9 Å². The topological polar surface area (TPSA) is 68.5 Å². The van der Waals surface area contributed by atoms with Crippen molar-refractivity contribution in [3.05, 3.63) is 34.9 Å². The minimum Gasteiger partial charge on any atom is -0.370 e. The highest BCUT2D eigenvalue weighted by atomic mass is 16.5. The molecule has 0 bridgehead atoms. The van der Waals surface area contributed by atoms with E-state index in [-0.39, 0.29) is 0 Å². The normalized spacial score (nSPS) is 10.5. The van der Waals surface area contributed by atoms with E-state index in [1.165, 1.54) is 0 Å². The molecule has 23 heavy (non-hydrogen) atoms. The fourth-order valence-corrected chi connectivity index (χ4v) is 1.95. The summed E-state index contributed by atoms with van der Waals surface area (Å²) in [6, 6.07) is 5.93. The highest BCUT2D eigenvalue weighted by Gasteiger charge is 2.05. The maximum absolute atomic E-state index is 10.9. The summed E-state index contributed by atoms with van der Waals surface area (Å²) >= 11 is 0. The van der Waals surface area contributed by atoms with Gasteiger partial charge in [-0.3, -0.25) is 15.1 Å². The van der Waals surface area contributed by atoms with Crippen LogP contribution in [0, 0.1) is 6.92 Å². The van der Waals surface area contributed by atoms with E-state index in [1.807, 2.05) is 57.6 Å². The third-order valence-electron chi connectivity index (χ3n) is 2.89. The smallest absolute Gasteiger partial charge is 0.172 e. The highest BCUT2D eigenvalue weighted by Crippen LogP contribution is 2.11. The average molecular weight is 320 g/mol. The molecule has 0 unspecified atom stereocenters. The zero-order valence-electron chi connectivity index (χ0n) is 15.2. The van der Waals surface area contributed by atoms with Gasteiger partial charge in [0.25, 0.3) is 0 Å². The molecule has 6 nitrogen and oxygen atoms in total. The summed E-state index contributed by atoms with van der Waals surface area (Å²) in [6.07, 6.45) is 0.738. The van der Waals surface area contributed by atoms with E-state index in [0.29, 0.717) is 17.9 Å². The summed E-state index contributed by atoms with van der Waals surface area (Å²) in [5, 5.41) is 2.80. The summed E-state index contributed by atoms with van der Waals surface area (Å²) < 4.78 is 6.47. The number of ether oxygens (including phenoxy) is 1. The Bertz CT molecular complexity index is 676. The Morgan fingerprint density at radius 2 is 2.04 bits per heavy atom. The fourth-order valence-electron chi connectivity index (χ4n) is 1.95. The Hall–Kier alpha value is -2.05. The van der Waals surface area contributed by atoms with Crippen LogP contribution >= 0.6 is 0 Å². The molecule has 0 radical (unpaired) electrons. The molecule has 0 aliphatic carbocycles. The van der Waals surface area contributed by atoms with Crippen LogP contribution in [-0.4, -0.2) is 43.8 Å². The van der Waals surface area contributed by atoms with Crippen LogP contribution in [-0.2, 0) is 11.8 Å². The Balaban J connectivity index is 0.000000594. The molecule has 0 spiro atoms. The van der Waals surface area contributed by atoms with Crippen LogP contribution in [0.1, 0.15) is 29.9 Å². The molecule has 1 aromatic heterocycles. The number of carbonyl (C=O) groups excluding carboxylic acids is 1. The number of nitrogens with one attached hydrogen (secondary N) is 1. The van der Waals surface area contributed by atoms with Crippen molar-refractivity contribution >= 4 is 17.3 Å². The number of aryl methyl sites for hydroxylation is 2. The van der Waals surface area contributed by atoms with Gasteiger partial charge in [-0.15, -0.1) is 0 Å². The van der Waals surface area contributed by atoms with Crippen LogP contribution in [0.4, 0.5) is 0 Å². The molecule has 2 aromatic rings. The van der Waals surface area contributed by atoms with Gasteiger partial charge in [0.2, 0.25) is 0 Å². The van der Waals surface area contributed by atoms with E-state index in [1.54, 1.807) is 14.2 Å². The molecule has 0 atom stereocenters. The monoisotopic (exact) mass is 320 g/mol. The van der Waals surface area contributed by atoms with E-state index in [4.69, 9.17) is 0 Å². The zero-order chi connectivity index (χ0) is 17.8. The van der Waals surface area contributed by atoms with Gasteiger partial charge in [-0.05, 0) is 31.7 Å². The van der Waals surface area contributed by atoms with Gasteiger partial charge in [-0.25, -0.2) is 4.98 Å². The Labute approximate surface area is 138 Å². The number of methoxy groups -OCH3 is 1. The van der Waals surface area contributed by atoms with Crippen molar-refractivity contribution in [2.75, 3.05) is 27.9 Å². The van der Waals surface area contributed by atoms with Crippen LogP contribution in [0.15, 0.2) is 23.2 Å². The number of aromatic nitrogens is 2. The summed E-state index contributed by atoms with van der Waals surface area (Å²) in [4.78, 5) is 19.3. The molecule has 1 aromatic carbocycles. The maximum atomic E-state index is 10.9. The molecular weight excluding hydrogens is 292 g/mol. The average Bonchev–Trinajstić information content (AvgIpc) is 2.58. The van der Waals surface area contributed by atoms with Gasteiger partial charge >= 0.3 is 0 Å². The van der Waals surface area contributed by atoms with Gasteiger partial charge in [0, 0.05) is 21.2 Å². The summed E-state index contributed by atoms with van der Waals surface area (Å²) in [5.74, 6) is 0. The minimum atomic E-state index is 0.376. The van der Waals surface area contributed by atoms with Gasteiger partial charge in [0.05, 0.1) is 17.8 Å². The number of fused-ring (bicyclic) bond motifs is 1. The molecule has 1 heterocycles. The summed E-state index contributed by atoms with van der Waals surface area (Å²) in [7, 11) is 7.03. The number of nitrogens with zero attached hydrogens (tertiary/aromatic N) is 3. The first kappa shape index (κ1) is 20.9. The lowest BCUT2D eigenvalue weighted by molar-refractivity contribution is 0.111. The highest BCUT2D eigenvalue weighted by molar-refractivity contribution is 5.80. The number of carbonyl (C=O) groups is 1. The summed E-state index contributed by atoms with van der Waals surface area (Å²) in [5.41, 5.74) is 3.93. The predicted molar refractivity (Wildman–Crippen MR) is 94.6 cm³/mol. The fraction of sp³-hybridized carbons (Fsp3) is 0.471. The van der Waals surface area contributed by atoms with Gasteiger partial charge in [0.15, 0.2) is 11.8 Å². The third-order valence-corrected chi connectivity index (χ3v) is 2.89. The largest absolute Gasteiger partial charge is 0.370 e. The molecule has 0 saturated carbocycles. The molecule has 0 saturated heterocycles. The molecule has 0 aliphatic heterocycles. The first-order chi connectivity index (χ1) is 11.1. The van der Waals surface area contributed by atoms with Gasteiger partial charge in [-0.2, -0.15) is 0 Å². The molecule has 1 N–H and O–H groups in total. The Morgan fingerprint density at radius 1 is 1.39 bits per heavy atom. The number of hydrogen-bond acceptors (Lipinski definition) is 5. The third kappa shape index (κ3) is 5.92. The number of benzene rings is 1. The van der Waals surface area contributed by atoms with Crippen LogP contribution in [0.5, 0.6) is 0 Å². The molecule has 128 valence electrons. The van der Waals surface area contributed by atoms with Crippen molar-refractivity contribution in [3.63, 3.8) is 0 Å². The molecule has 0 aliphatic rings. The van der Waals surface area contributed by atoms with Crippen LogP contribution in [0.2, 0.25) is 0 Å². The van der Waals surface area contributed by atoms with Crippen molar-refractivity contribution in [3.8, 4) is 0 Å². The lowest BCUT2D eigenvalue weighted by Gasteiger charge is -2.08. The van der Waals surface area contributed by atoms with Crippen molar-refractivity contribution in [1.29, 1.82) is 0 Å². The van der Waals surface area contributed by atoms with E-state index in [0.717, 1.165) is 22.9 Å². The Kier molecular flexibility index (Phi) is 10.5. The molecular formula is C17H28N4O2. The van der Waals surface area contributed by atoms with Crippen LogP contribution < -0.4 is 10.8 Å². The second-order valence-corrected chi connectivity index (χ2v) is 4.50. The van der Waals surface area contributed by atoms with Crippen molar-refractivity contribution in [2.45, 2.75) is 20.8 Å².